The van der Waals surface area contributed by atoms with Crippen molar-refractivity contribution in [1.29, 1.82) is 0 Å². The van der Waals surface area contributed by atoms with E-state index in [0.717, 1.165) is 22.3 Å². The first kappa shape index (κ1) is 18.8. The van der Waals surface area contributed by atoms with Gasteiger partial charge in [-0.3, -0.25) is 13.9 Å². The Labute approximate surface area is 158 Å². The molecule has 0 saturated heterocycles. The topological polar surface area (TPSA) is 56.5 Å². The lowest BCUT2D eigenvalue weighted by molar-refractivity contribution is -0.130. The number of hydrogen-bond acceptors (Lipinski definition) is 3. The number of amides is 1. The Kier molecular flexibility index (Phi) is 5.64. The number of fused-ring (bicyclic) bond motifs is 1. The first-order valence-corrected chi connectivity index (χ1v) is 9.12. The molecule has 0 bridgehead atoms. The van der Waals surface area contributed by atoms with Crippen molar-refractivity contribution in [3.8, 4) is 5.75 Å². The van der Waals surface area contributed by atoms with E-state index in [-0.39, 0.29) is 18.1 Å². The highest BCUT2D eigenvalue weighted by Crippen LogP contribution is 2.13. The number of ether oxygens (including phenoxy) is 1. The van der Waals surface area contributed by atoms with Gasteiger partial charge in [0.1, 0.15) is 18.9 Å². The normalized spacial score (nSPS) is 10.9. The van der Waals surface area contributed by atoms with Crippen LogP contribution < -0.4 is 10.4 Å². The number of rotatable bonds is 7. The monoisotopic (exact) mass is 367 g/mol. The molecular formula is C21H25N3O3. The lowest BCUT2D eigenvalue weighted by Crippen LogP contribution is -2.36. The van der Waals surface area contributed by atoms with Gasteiger partial charge in [-0.25, -0.2) is 4.79 Å². The number of para-hydroxylation sites is 2. The molecule has 0 aliphatic heterocycles. The molecule has 0 saturated carbocycles. The predicted octanol–water partition coefficient (Wildman–Crippen LogP) is 2.67. The first-order chi connectivity index (χ1) is 13.0. The summed E-state index contributed by atoms with van der Waals surface area (Å²) >= 11 is 0. The first-order valence-electron chi connectivity index (χ1n) is 9.12. The van der Waals surface area contributed by atoms with E-state index in [0.29, 0.717) is 19.7 Å². The van der Waals surface area contributed by atoms with Gasteiger partial charge in [0.15, 0.2) is 0 Å². The van der Waals surface area contributed by atoms with Gasteiger partial charge in [0, 0.05) is 13.6 Å². The molecule has 0 N–H and O–H groups in total. The maximum Gasteiger partial charge on any atom is 0.329 e. The fourth-order valence-electron chi connectivity index (χ4n) is 3.12. The molecule has 1 aromatic heterocycles. The second kappa shape index (κ2) is 8.12. The number of nitrogens with zero attached hydrogens (tertiary/aromatic N) is 3. The fraction of sp³-hybridized carbons (Fsp3) is 0.333. The summed E-state index contributed by atoms with van der Waals surface area (Å²) in [6.45, 7) is 5.38. The number of carbonyl (C=O) groups excluding carboxylic acids is 1. The zero-order chi connectivity index (χ0) is 19.4. The van der Waals surface area contributed by atoms with E-state index in [1.165, 1.54) is 0 Å². The lowest BCUT2D eigenvalue weighted by Gasteiger charge is -2.18. The summed E-state index contributed by atoms with van der Waals surface area (Å²) in [4.78, 5) is 26.8. The van der Waals surface area contributed by atoms with Gasteiger partial charge in [-0.1, -0.05) is 24.3 Å². The van der Waals surface area contributed by atoms with Crippen molar-refractivity contribution in [3.05, 3.63) is 64.6 Å². The molecule has 0 aliphatic rings. The summed E-state index contributed by atoms with van der Waals surface area (Å²) in [7, 11) is 1.73. The van der Waals surface area contributed by atoms with Crippen LogP contribution in [0.25, 0.3) is 11.0 Å². The highest BCUT2D eigenvalue weighted by molar-refractivity contribution is 5.80. The van der Waals surface area contributed by atoms with E-state index in [1.54, 1.807) is 21.1 Å². The molecule has 6 nitrogen and oxygen atoms in total. The SMILES string of the molecule is CCn1c(=O)n(CC(=O)N(C)CCOc2cccc(C)c2)c2ccccc21. The third-order valence-corrected chi connectivity index (χ3v) is 4.65. The number of aromatic nitrogens is 2. The van der Waals surface area contributed by atoms with Gasteiger partial charge in [-0.05, 0) is 43.7 Å². The summed E-state index contributed by atoms with van der Waals surface area (Å²) < 4.78 is 8.93. The minimum Gasteiger partial charge on any atom is -0.492 e. The van der Waals surface area contributed by atoms with Crippen LogP contribution in [0.5, 0.6) is 5.75 Å². The second-order valence-corrected chi connectivity index (χ2v) is 6.58. The highest BCUT2D eigenvalue weighted by atomic mass is 16.5. The molecule has 0 unspecified atom stereocenters. The Morgan fingerprint density at radius 2 is 1.78 bits per heavy atom. The number of aryl methyl sites for hydroxylation is 2. The molecule has 0 spiro atoms. The molecular weight excluding hydrogens is 342 g/mol. The van der Waals surface area contributed by atoms with Crippen molar-refractivity contribution < 1.29 is 9.53 Å². The van der Waals surface area contributed by atoms with Gasteiger partial charge in [-0.2, -0.15) is 0 Å². The smallest absolute Gasteiger partial charge is 0.329 e. The molecule has 0 atom stereocenters. The number of likely N-dealkylation sites (N-methyl/N-ethyl adjacent to an activating group) is 1. The van der Waals surface area contributed by atoms with Crippen LogP contribution in [0.3, 0.4) is 0 Å². The molecule has 142 valence electrons. The van der Waals surface area contributed by atoms with Crippen molar-refractivity contribution in [2.24, 2.45) is 0 Å². The minimum absolute atomic E-state index is 0.0211. The van der Waals surface area contributed by atoms with Gasteiger partial charge >= 0.3 is 5.69 Å². The Morgan fingerprint density at radius 3 is 2.44 bits per heavy atom. The van der Waals surface area contributed by atoms with E-state index in [1.807, 2.05) is 62.4 Å². The third kappa shape index (κ3) is 4.05. The minimum atomic E-state index is -0.156. The molecule has 27 heavy (non-hydrogen) atoms. The van der Waals surface area contributed by atoms with Crippen LogP contribution >= 0.6 is 0 Å². The van der Waals surface area contributed by atoms with Gasteiger partial charge in [-0.15, -0.1) is 0 Å². The van der Waals surface area contributed by atoms with Crippen molar-refractivity contribution in [1.82, 2.24) is 14.0 Å². The second-order valence-electron chi connectivity index (χ2n) is 6.58. The van der Waals surface area contributed by atoms with Gasteiger partial charge in [0.2, 0.25) is 5.91 Å². The molecule has 1 heterocycles. The van der Waals surface area contributed by atoms with Crippen molar-refractivity contribution in [2.45, 2.75) is 26.9 Å². The maximum atomic E-state index is 12.6. The Bertz CT molecular complexity index is 1000. The average Bonchev–Trinajstić information content (AvgIpc) is 2.93. The summed E-state index contributed by atoms with van der Waals surface area (Å²) in [6.07, 6.45) is 0. The molecule has 0 radical (unpaired) electrons. The molecule has 0 aliphatic carbocycles. The van der Waals surface area contributed by atoms with E-state index in [9.17, 15) is 9.59 Å². The zero-order valence-corrected chi connectivity index (χ0v) is 16.0. The molecule has 2 aromatic carbocycles. The average molecular weight is 367 g/mol. The molecule has 3 rings (SSSR count). The Morgan fingerprint density at radius 1 is 1.07 bits per heavy atom. The van der Waals surface area contributed by atoms with E-state index < -0.39 is 0 Å². The van der Waals surface area contributed by atoms with E-state index in [2.05, 4.69) is 0 Å². The summed E-state index contributed by atoms with van der Waals surface area (Å²) in [5.41, 5.74) is 2.60. The third-order valence-electron chi connectivity index (χ3n) is 4.65. The van der Waals surface area contributed by atoms with Gasteiger partial charge < -0.3 is 9.64 Å². The Balaban J connectivity index is 1.66. The number of carbonyl (C=O) groups is 1. The van der Waals surface area contributed by atoms with Crippen LogP contribution in [0.2, 0.25) is 0 Å². The summed E-state index contributed by atoms with van der Waals surface area (Å²) in [5.74, 6) is 0.669. The standard InChI is InChI=1S/C21H25N3O3/c1-4-23-18-10-5-6-11-19(18)24(21(23)26)15-20(25)22(3)12-13-27-17-9-7-8-16(2)14-17/h5-11,14H,4,12-13,15H2,1-3H3. The number of benzene rings is 2. The summed E-state index contributed by atoms with van der Waals surface area (Å²) in [5, 5.41) is 0. The molecule has 3 aromatic rings. The van der Waals surface area contributed by atoms with Crippen LogP contribution in [0.1, 0.15) is 12.5 Å². The van der Waals surface area contributed by atoms with Crippen LogP contribution in [0.4, 0.5) is 0 Å². The lowest BCUT2D eigenvalue weighted by atomic mass is 10.2. The van der Waals surface area contributed by atoms with Crippen molar-refractivity contribution >= 4 is 16.9 Å². The predicted molar refractivity (Wildman–Crippen MR) is 106 cm³/mol. The number of hydrogen-bond donors (Lipinski definition) is 0. The quantitative estimate of drug-likeness (QED) is 0.645. The fourth-order valence-corrected chi connectivity index (χ4v) is 3.12. The zero-order valence-electron chi connectivity index (χ0n) is 16.0. The van der Waals surface area contributed by atoms with E-state index >= 15 is 0 Å². The highest BCUT2D eigenvalue weighted by Gasteiger charge is 2.16. The molecule has 1 amide bonds. The maximum absolute atomic E-state index is 12.6. The molecule has 0 fully saturated rings. The van der Waals surface area contributed by atoms with Crippen molar-refractivity contribution in [3.63, 3.8) is 0 Å². The van der Waals surface area contributed by atoms with Crippen LogP contribution in [-0.2, 0) is 17.9 Å². The van der Waals surface area contributed by atoms with E-state index in [4.69, 9.17) is 4.74 Å². The van der Waals surface area contributed by atoms with Crippen LogP contribution in [0, 0.1) is 6.92 Å². The number of imidazole rings is 1. The Hall–Kier alpha value is -3.02. The van der Waals surface area contributed by atoms with Crippen molar-refractivity contribution in [2.75, 3.05) is 20.2 Å². The van der Waals surface area contributed by atoms with Crippen LogP contribution in [-0.4, -0.2) is 40.1 Å². The summed E-state index contributed by atoms with van der Waals surface area (Å²) in [6, 6.07) is 15.4. The van der Waals surface area contributed by atoms with Gasteiger partial charge in [0.25, 0.3) is 0 Å². The van der Waals surface area contributed by atoms with Crippen LogP contribution in [0.15, 0.2) is 53.3 Å². The van der Waals surface area contributed by atoms with Gasteiger partial charge in [0.05, 0.1) is 17.6 Å². The largest absolute Gasteiger partial charge is 0.492 e. The molecule has 6 heteroatoms.